The molecule has 0 spiro atoms. The Hall–Kier alpha value is -1.25. The normalized spacial score (nSPS) is 16.8. The minimum Gasteiger partial charge on any atom is -0.397 e. The number of pyridine rings is 1. The van der Waals surface area contributed by atoms with Gasteiger partial charge in [-0.1, -0.05) is 0 Å². The van der Waals surface area contributed by atoms with Gasteiger partial charge in [-0.3, -0.25) is 0 Å². The van der Waals surface area contributed by atoms with Gasteiger partial charge in [0, 0.05) is 14.5 Å². The Morgan fingerprint density at radius 1 is 1.33 bits per heavy atom. The van der Waals surface area contributed by atoms with Crippen molar-refractivity contribution in [3.8, 4) is 0 Å². The largest absolute Gasteiger partial charge is 0.397 e. The maximum atomic E-state index is 5.54. The van der Waals surface area contributed by atoms with Crippen LogP contribution in [0.4, 0.5) is 11.5 Å². The molecule has 0 bridgehead atoms. The SMILES string of the molecule is Nc1ccc(N2CCCC2)nc1.[HH]. The number of rotatable bonds is 1. The summed E-state index contributed by atoms with van der Waals surface area (Å²) < 4.78 is 0. The average molecular weight is 165 g/mol. The monoisotopic (exact) mass is 165 g/mol. The highest BCUT2D eigenvalue weighted by Crippen LogP contribution is 2.17. The molecule has 0 radical (unpaired) electrons. The summed E-state index contributed by atoms with van der Waals surface area (Å²) in [5, 5.41) is 0. The van der Waals surface area contributed by atoms with Crippen LogP contribution in [0.25, 0.3) is 0 Å². The van der Waals surface area contributed by atoms with Gasteiger partial charge in [0.2, 0.25) is 0 Å². The first-order valence-electron chi connectivity index (χ1n) is 4.33. The molecule has 3 nitrogen and oxygen atoms in total. The van der Waals surface area contributed by atoms with Crippen LogP contribution in [0.2, 0.25) is 0 Å². The summed E-state index contributed by atoms with van der Waals surface area (Å²) in [5.74, 6) is 1.06. The van der Waals surface area contributed by atoms with Gasteiger partial charge in [-0.05, 0) is 25.0 Å². The van der Waals surface area contributed by atoms with Crippen LogP contribution in [0.1, 0.15) is 14.3 Å². The minimum atomic E-state index is 0. The third-order valence-electron chi connectivity index (χ3n) is 2.20. The number of nitrogens with two attached hydrogens (primary N) is 1. The van der Waals surface area contributed by atoms with Gasteiger partial charge in [0.1, 0.15) is 5.82 Å². The highest BCUT2D eigenvalue weighted by Gasteiger charge is 2.12. The molecule has 12 heavy (non-hydrogen) atoms. The molecule has 1 fully saturated rings. The molecule has 0 saturated carbocycles. The minimum absolute atomic E-state index is 0. The lowest BCUT2D eigenvalue weighted by Gasteiger charge is -2.15. The second kappa shape index (κ2) is 3.01. The molecule has 0 amide bonds. The fraction of sp³-hybridized carbons (Fsp3) is 0.444. The van der Waals surface area contributed by atoms with E-state index >= 15 is 0 Å². The Kier molecular flexibility index (Phi) is 1.86. The fourth-order valence-corrected chi connectivity index (χ4v) is 1.53. The van der Waals surface area contributed by atoms with E-state index in [4.69, 9.17) is 5.73 Å². The molecule has 66 valence electrons. The molecule has 0 aromatic carbocycles. The summed E-state index contributed by atoms with van der Waals surface area (Å²) in [5.41, 5.74) is 6.28. The molecule has 1 saturated heterocycles. The highest BCUT2D eigenvalue weighted by atomic mass is 15.2. The summed E-state index contributed by atoms with van der Waals surface area (Å²) in [6.45, 7) is 2.27. The Bertz CT molecular complexity index is 254. The van der Waals surface area contributed by atoms with Crippen LogP contribution in [0.5, 0.6) is 0 Å². The first kappa shape index (κ1) is 7.40. The molecule has 0 unspecified atom stereocenters. The van der Waals surface area contributed by atoms with Gasteiger partial charge in [-0.2, -0.15) is 0 Å². The summed E-state index contributed by atoms with van der Waals surface area (Å²) in [4.78, 5) is 6.55. The van der Waals surface area contributed by atoms with Crippen molar-refractivity contribution in [2.75, 3.05) is 23.7 Å². The lowest BCUT2D eigenvalue weighted by atomic mass is 10.4. The van der Waals surface area contributed by atoms with Crippen LogP contribution in [0, 0.1) is 0 Å². The predicted molar refractivity (Wildman–Crippen MR) is 52.2 cm³/mol. The molecule has 3 heteroatoms. The molecule has 2 N–H and O–H groups in total. The van der Waals surface area contributed by atoms with E-state index in [2.05, 4.69) is 9.88 Å². The topological polar surface area (TPSA) is 42.1 Å². The van der Waals surface area contributed by atoms with Crippen molar-refractivity contribution < 1.29 is 1.43 Å². The maximum absolute atomic E-state index is 5.54. The van der Waals surface area contributed by atoms with E-state index in [1.165, 1.54) is 12.8 Å². The van der Waals surface area contributed by atoms with Crippen molar-refractivity contribution in [2.45, 2.75) is 12.8 Å². The van der Waals surface area contributed by atoms with Crippen molar-refractivity contribution in [3.63, 3.8) is 0 Å². The quantitative estimate of drug-likeness (QED) is 0.686. The molecule has 0 aliphatic carbocycles. The number of hydrogen-bond donors (Lipinski definition) is 1. The van der Waals surface area contributed by atoms with Crippen LogP contribution < -0.4 is 10.6 Å². The number of nitrogen functional groups attached to an aromatic ring is 1. The third-order valence-corrected chi connectivity index (χ3v) is 2.20. The number of aromatic nitrogens is 1. The first-order chi connectivity index (χ1) is 5.86. The van der Waals surface area contributed by atoms with E-state index in [1.54, 1.807) is 6.20 Å². The molecular weight excluding hydrogens is 150 g/mol. The summed E-state index contributed by atoms with van der Waals surface area (Å²) in [7, 11) is 0. The van der Waals surface area contributed by atoms with E-state index in [9.17, 15) is 0 Å². The Labute approximate surface area is 73.7 Å². The lowest BCUT2D eigenvalue weighted by molar-refractivity contribution is 0.938. The highest BCUT2D eigenvalue weighted by molar-refractivity contribution is 5.46. The van der Waals surface area contributed by atoms with E-state index in [0.29, 0.717) is 0 Å². The summed E-state index contributed by atoms with van der Waals surface area (Å²) in [6.07, 6.45) is 4.28. The molecule has 1 aliphatic rings. The second-order valence-electron chi connectivity index (χ2n) is 3.14. The van der Waals surface area contributed by atoms with Crippen LogP contribution in [0.15, 0.2) is 18.3 Å². The standard InChI is InChI=1S/C9H13N3.H2/c10-8-3-4-9(11-7-8)12-5-1-2-6-12;/h3-4,7H,1-2,5-6,10H2;1H. The van der Waals surface area contributed by atoms with Gasteiger partial charge in [0.15, 0.2) is 0 Å². The third kappa shape index (κ3) is 1.35. The maximum Gasteiger partial charge on any atom is 0.128 e. The Morgan fingerprint density at radius 3 is 2.67 bits per heavy atom. The van der Waals surface area contributed by atoms with Crippen LogP contribution in [0.3, 0.4) is 0 Å². The second-order valence-corrected chi connectivity index (χ2v) is 3.14. The predicted octanol–water partition coefficient (Wildman–Crippen LogP) is 1.51. The van der Waals surface area contributed by atoms with E-state index in [-0.39, 0.29) is 1.43 Å². The van der Waals surface area contributed by atoms with Gasteiger partial charge in [-0.25, -0.2) is 4.98 Å². The number of nitrogens with zero attached hydrogens (tertiary/aromatic N) is 2. The van der Waals surface area contributed by atoms with Crippen molar-refractivity contribution in [3.05, 3.63) is 18.3 Å². The molecule has 1 aromatic heterocycles. The number of hydrogen-bond acceptors (Lipinski definition) is 3. The van der Waals surface area contributed by atoms with E-state index in [1.807, 2.05) is 12.1 Å². The van der Waals surface area contributed by atoms with Crippen LogP contribution >= 0.6 is 0 Å². The van der Waals surface area contributed by atoms with Gasteiger partial charge >= 0.3 is 0 Å². The van der Waals surface area contributed by atoms with Crippen molar-refractivity contribution in [2.24, 2.45) is 0 Å². The first-order valence-corrected chi connectivity index (χ1v) is 4.33. The molecule has 0 atom stereocenters. The Balaban J connectivity index is 0.000000845. The molecule has 2 rings (SSSR count). The van der Waals surface area contributed by atoms with E-state index in [0.717, 1.165) is 24.6 Å². The zero-order chi connectivity index (χ0) is 8.39. The van der Waals surface area contributed by atoms with Crippen LogP contribution in [-0.2, 0) is 0 Å². The zero-order valence-corrected chi connectivity index (χ0v) is 7.03. The smallest absolute Gasteiger partial charge is 0.128 e. The molecule has 1 aromatic rings. The van der Waals surface area contributed by atoms with Gasteiger partial charge in [-0.15, -0.1) is 0 Å². The molecule has 1 aliphatic heterocycles. The average Bonchev–Trinajstić information content (AvgIpc) is 2.58. The van der Waals surface area contributed by atoms with Gasteiger partial charge in [0.25, 0.3) is 0 Å². The number of anilines is 2. The molecule has 2 heterocycles. The summed E-state index contributed by atoms with van der Waals surface area (Å²) >= 11 is 0. The fourth-order valence-electron chi connectivity index (χ4n) is 1.53. The van der Waals surface area contributed by atoms with Crippen LogP contribution in [-0.4, -0.2) is 18.1 Å². The summed E-state index contributed by atoms with van der Waals surface area (Å²) in [6, 6.07) is 3.89. The Morgan fingerprint density at radius 2 is 2.08 bits per heavy atom. The van der Waals surface area contributed by atoms with Crippen molar-refractivity contribution in [1.29, 1.82) is 0 Å². The van der Waals surface area contributed by atoms with Crippen molar-refractivity contribution >= 4 is 11.5 Å². The zero-order valence-electron chi connectivity index (χ0n) is 7.03. The molecular formula is C9H15N3. The van der Waals surface area contributed by atoms with Gasteiger partial charge in [0.05, 0.1) is 11.9 Å². The van der Waals surface area contributed by atoms with Crippen molar-refractivity contribution in [1.82, 2.24) is 4.98 Å². The van der Waals surface area contributed by atoms with E-state index < -0.39 is 0 Å². The van der Waals surface area contributed by atoms with Gasteiger partial charge < -0.3 is 10.6 Å². The lowest BCUT2D eigenvalue weighted by Crippen LogP contribution is -2.18.